The van der Waals surface area contributed by atoms with Crippen LogP contribution in [-0.4, -0.2) is 26.0 Å². The average Bonchev–Trinajstić information content (AvgIpc) is 3.17. The number of rotatable bonds is 5. The number of nitrogens with one attached hydrogen (secondary N) is 1. The van der Waals surface area contributed by atoms with Crippen molar-refractivity contribution in [2.45, 2.75) is 24.3 Å². The van der Waals surface area contributed by atoms with Gasteiger partial charge in [-0.05, 0) is 32.0 Å². The Hall–Kier alpha value is -2.88. The first-order chi connectivity index (χ1) is 12.4. The normalized spacial score (nSPS) is 12.2. The van der Waals surface area contributed by atoms with Crippen LogP contribution < -0.4 is 11.2 Å². The third-order valence-electron chi connectivity index (χ3n) is 3.60. The van der Waals surface area contributed by atoms with Gasteiger partial charge in [-0.2, -0.15) is 0 Å². The molecule has 26 heavy (non-hydrogen) atoms. The summed E-state index contributed by atoms with van der Waals surface area (Å²) in [5.74, 6) is 4.63. The van der Waals surface area contributed by atoms with Crippen molar-refractivity contribution in [2.75, 3.05) is 11.2 Å². The maximum Gasteiger partial charge on any atom is 0.237 e. The summed E-state index contributed by atoms with van der Waals surface area (Å²) in [7, 11) is 0. The van der Waals surface area contributed by atoms with E-state index < -0.39 is 22.8 Å². The molecule has 136 valence electrons. The van der Waals surface area contributed by atoms with Crippen LogP contribution in [0.3, 0.4) is 0 Å². The number of carbonyl (C=O) groups is 1. The maximum atomic E-state index is 13.2. The van der Waals surface area contributed by atoms with Gasteiger partial charge in [-0.25, -0.2) is 13.5 Å². The summed E-state index contributed by atoms with van der Waals surface area (Å²) in [6.45, 7) is 3.41. The monoisotopic (exact) mass is 379 g/mol. The van der Waals surface area contributed by atoms with Gasteiger partial charge in [0.2, 0.25) is 11.1 Å². The van der Waals surface area contributed by atoms with Crippen LogP contribution in [0.1, 0.15) is 12.7 Å². The van der Waals surface area contributed by atoms with Gasteiger partial charge in [0.25, 0.3) is 0 Å². The van der Waals surface area contributed by atoms with E-state index in [1.807, 2.05) is 0 Å². The van der Waals surface area contributed by atoms with Crippen LogP contribution in [0.5, 0.6) is 0 Å². The van der Waals surface area contributed by atoms with Gasteiger partial charge in [0.15, 0.2) is 17.5 Å². The number of benzene rings is 1. The van der Waals surface area contributed by atoms with Crippen molar-refractivity contribution in [1.29, 1.82) is 0 Å². The van der Waals surface area contributed by atoms with E-state index >= 15 is 0 Å². The first-order valence-corrected chi connectivity index (χ1v) is 8.42. The lowest BCUT2D eigenvalue weighted by molar-refractivity contribution is -0.115. The molecule has 0 fully saturated rings. The Morgan fingerprint density at radius 1 is 1.31 bits per heavy atom. The molecule has 3 N–H and O–H groups in total. The summed E-state index contributed by atoms with van der Waals surface area (Å²) < 4.78 is 32.7. The van der Waals surface area contributed by atoms with Crippen molar-refractivity contribution in [3.63, 3.8) is 0 Å². The molecular weight excluding hydrogens is 364 g/mol. The van der Waals surface area contributed by atoms with Crippen molar-refractivity contribution in [2.24, 2.45) is 0 Å². The molecule has 10 heteroatoms. The minimum absolute atomic E-state index is 0.158. The first kappa shape index (κ1) is 17.9. The molecule has 0 radical (unpaired) electrons. The van der Waals surface area contributed by atoms with Gasteiger partial charge in [0.05, 0.1) is 17.1 Å². The van der Waals surface area contributed by atoms with E-state index in [9.17, 15) is 13.6 Å². The Morgan fingerprint density at radius 3 is 2.73 bits per heavy atom. The van der Waals surface area contributed by atoms with Crippen molar-refractivity contribution in [1.82, 2.24) is 14.9 Å². The molecule has 2 aromatic heterocycles. The molecule has 0 saturated carbocycles. The molecular formula is C16H15F2N5O2S. The van der Waals surface area contributed by atoms with E-state index in [1.54, 1.807) is 19.9 Å². The number of hydrogen-bond donors (Lipinski definition) is 2. The predicted molar refractivity (Wildman–Crippen MR) is 92.9 cm³/mol. The SMILES string of the molecule is Cc1occc1-c1nnc(SC(C)C(=O)Nc2ccc(F)c(F)c2)n1N. The standard InChI is InChI=1S/C16H15F2N5O2S/c1-8-11(5-6-25-8)14-21-22-16(23(14)19)26-9(2)15(24)20-10-3-4-12(17)13(18)7-10/h3-7,9H,19H2,1-2H3,(H,20,24). The molecule has 0 spiro atoms. The predicted octanol–water partition coefficient (Wildman–Crippen LogP) is 2.96. The number of aromatic nitrogens is 3. The summed E-state index contributed by atoms with van der Waals surface area (Å²) in [6, 6.07) is 4.85. The van der Waals surface area contributed by atoms with Gasteiger partial charge in [-0.15, -0.1) is 10.2 Å². The van der Waals surface area contributed by atoms with Gasteiger partial charge in [0.1, 0.15) is 5.76 Å². The van der Waals surface area contributed by atoms with Crippen LogP contribution >= 0.6 is 11.8 Å². The zero-order valence-electron chi connectivity index (χ0n) is 13.9. The Balaban J connectivity index is 1.70. The molecule has 7 nitrogen and oxygen atoms in total. The van der Waals surface area contributed by atoms with Crippen molar-refractivity contribution >= 4 is 23.4 Å². The number of thioether (sulfide) groups is 1. The molecule has 1 atom stereocenters. The minimum Gasteiger partial charge on any atom is -0.469 e. The topological polar surface area (TPSA) is 99.0 Å². The Bertz CT molecular complexity index is 956. The zero-order chi connectivity index (χ0) is 18.8. The lowest BCUT2D eigenvalue weighted by Gasteiger charge is -2.11. The second-order valence-electron chi connectivity index (χ2n) is 5.44. The fraction of sp³-hybridized carbons (Fsp3) is 0.188. The second-order valence-corrected chi connectivity index (χ2v) is 6.75. The smallest absolute Gasteiger partial charge is 0.237 e. The number of hydrogen-bond acceptors (Lipinski definition) is 6. The summed E-state index contributed by atoms with van der Waals surface area (Å²) in [5, 5.41) is 10.2. The van der Waals surface area contributed by atoms with Crippen LogP contribution in [0.2, 0.25) is 0 Å². The van der Waals surface area contributed by atoms with E-state index in [4.69, 9.17) is 10.3 Å². The largest absolute Gasteiger partial charge is 0.469 e. The Kier molecular flexibility index (Phi) is 4.94. The van der Waals surface area contributed by atoms with Crippen molar-refractivity contribution < 1.29 is 18.0 Å². The molecule has 3 rings (SSSR count). The van der Waals surface area contributed by atoms with E-state index in [0.29, 0.717) is 22.3 Å². The molecule has 1 amide bonds. The van der Waals surface area contributed by atoms with E-state index in [2.05, 4.69) is 15.5 Å². The van der Waals surface area contributed by atoms with Gasteiger partial charge in [-0.3, -0.25) is 4.79 Å². The highest BCUT2D eigenvalue weighted by Gasteiger charge is 2.21. The summed E-state index contributed by atoms with van der Waals surface area (Å²) >= 11 is 1.08. The Labute approximate surface area is 151 Å². The van der Waals surface area contributed by atoms with Gasteiger partial charge < -0.3 is 15.6 Å². The molecule has 0 aliphatic carbocycles. The highest BCUT2D eigenvalue weighted by molar-refractivity contribution is 8.00. The molecule has 0 aliphatic heterocycles. The molecule has 0 saturated heterocycles. The Morgan fingerprint density at radius 2 is 2.08 bits per heavy atom. The molecule has 3 aromatic rings. The van der Waals surface area contributed by atoms with Gasteiger partial charge >= 0.3 is 0 Å². The molecule has 0 bridgehead atoms. The number of nitrogens with zero attached hydrogens (tertiary/aromatic N) is 3. The number of furan rings is 1. The third-order valence-corrected chi connectivity index (χ3v) is 4.66. The quantitative estimate of drug-likeness (QED) is 0.522. The molecule has 0 aliphatic rings. The average molecular weight is 379 g/mol. The number of nitrogens with two attached hydrogens (primary N) is 1. The van der Waals surface area contributed by atoms with Crippen LogP contribution in [0, 0.1) is 18.6 Å². The minimum atomic E-state index is -1.04. The summed E-state index contributed by atoms with van der Waals surface area (Å²) in [4.78, 5) is 12.3. The lowest BCUT2D eigenvalue weighted by Crippen LogP contribution is -2.23. The van der Waals surface area contributed by atoms with Gasteiger partial charge in [-0.1, -0.05) is 11.8 Å². The van der Waals surface area contributed by atoms with Crippen LogP contribution in [0.4, 0.5) is 14.5 Å². The molecule has 2 heterocycles. The van der Waals surface area contributed by atoms with E-state index in [-0.39, 0.29) is 5.69 Å². The van der Waals surface area contributed by atoms with Gasteiger partial charge in [0, 0.05) is 11.8 Å². The fourth-order valence-corrected chi connectivity index (χ4v) is 2.96. The maximum absolute atomic E-state index is 13.2. The third kappa shape index (κ3) is 3.54. The van der Waals surface area contributed by atoms with Crippen molar-refractivity contribution in [3.05, 3.63) is 47.9 Å². The second kappa shape index (κ2) is 7.16. The number of amides is 1. The van der Waals surface area contributed by atoms with Crippen LogP contribution in [0.15, 0.2) is 40.1 Å². The summed E-state index contributed by atoms with van der Waals surface area (Å²) in [6.07, 6.45) is 1.52. The van der Waals surface area contributed by atoms with Crippen LogP contribution in [-0.2, 0) is 4.79 Å². The van der Waals surface area contributed by atoms with E-state index in [0.717, 1.165) is 23.9 Å². The number of nitrogen functional groups attached to an aromatic ring is 1. The van der Waals surface area contributed by atoms with E-state index in [1.165, 1.54) is 17.0 Å². The molecule has 1 unspecified atom stereocenters. The number of carbonyl (C=O) groups excluding carboxylic acids is 1. The number of anilines is 1. The first-order valence-electron chi connectivity index (χ1n) is 7.54. The number of aryl methyl sites for hydroxylation is 1. The van der Waals surface area contributed by atoms with Crippen LogP contribution in [0.25, 0.3) is 11.4 Å². The van der Waals surface area contributed by atoms with Crippen molar-refractivity contribution in [3.8, 4) is 11.4 Å². The summed E-state index contributed by atoms with van der Waals surface area (Å²) in [5.41, 5.74) is 0.857. The fourth-order valence-electron chi connectivity index (χ4n) is 2.19. The molecule has 1 aromatic carbocycles. The number of halogens is 2. The highest BCUT2D eigenvalue weighted by Crippen LogP contribution is 2.27. The zero-order valence-corrected chi connectivity index (χ0v) is 14.7. The highest BCUT2D eigenvalue weighted by atomic mass is 32.2. The lowest BCUT2D eigenvalue weighted by atomic mass is 10.2.